The van der Waals surface area contributed by atoms with Crippen LogP contribution < -0.4 is 15.8 Å². The highest BCUT2D eigenvalue weighted by Gasteiger charge is 2.08. The second kappa shape index (κ2) is 10.1. The quantitative estimate of drug-likeness (QED) is 0.610. The average molecular weight is 308 g/mol. The molecule has 1 rings (SSSR count). The van der Waals surface area contributed by atoms with Crippen molar-refractivity contribution in [3.05, 3.63) is 70.8 Å². The van der Waals surface area contributed by atoms with Crippen LogP contribution in [0.15, 0.2) is 59.8 Å². The molecule has 0 aliphatic carbocycles. The number of nitrogens with one attached hydrogen (secondary N) is 1. The van der Waals surface area contributed by atoms with E-state index < -0.39 is 0 Å². The number of carbonyl (C=O) groups is 1. The van der Waals surface area contributed by atoms with Gasteiger partial charge in [0.1, 0.15) is 0 Å². The van der Waals surface area contributed by atoms with Crippen LogP contribution in [0.4, 0.5) is 0 Å². The molecule has 1 aromatic carbocycles. The molecule has 0 atom stereocenters. The first-order valence-corrected chi connectivity index (χ1v) is 7.67. The third-order valence-corrected chi connectivity index (χ3v) is 3.33. The van der Waals surface area contributed by atoms with Gasteiger partial charge in [-0.1, -0.05) is 56.0 Å². The van der Waals surface area contributed by atoms with E-state index in [4.69, 9.17) is 0 Å². The molecular formula is C20H24N2O. The van der Waals surface area contributed by atoms with E-state index in [1.165, 1.54) is 0 Å². The van der Waals surface area contributed by atoms with Gasteiger partial charge in [0.2, 0.25) is 0 Å². The molecule has 23 heavy (non-hydrogen) atoms. The Kier molecular flexibility index (Phi) is 8.08. The fourth-order valence-corrected chi connectivity index (χ4v) is 2.20. The van der Waals surface area contributed by atoms with E-state index >= 15 is 0 Å². The number of aliphatic imine (C=N–C) groups is 1. The van der Waals surface area contributed by atoms with E-state index in [0.29, 0.717) is 5.56 Å². The molecule has 0 spiro atoms. The number of amides is 1. The summed E-state index contributed by atoms with van der Waals surface area (Å²) in [7, 11) is 0. The molecule has 1 N–H and O–H groups in total. The molecule has 0 radical (unpaired) electrons. The lowest BCUT2D eigenvalue weighted by atomic mass is 10.1. The molecular weight excluding hydrogens is 284 g/mol. The monoisotopic (exact) mass is 308 g/mol. The normalized spacial score (nSPS) is 13.4. The van der Waals surface area contributed by atoms with Crippen LogP contribution >= 0.6 is 0 Å². The van der Waals surface area contributed by atoms with Crippen LogP contribution in [0.1, 0.15) is 37.0 Å². The summed E-state index contributed by atoms with van der Waals surface area (Å²) in [6.07, 6.45) is 12.7. The van der Waals surface area contributed by atoms with Crippen molar-refractivity contribution in [2.45, 2.75) is 26.7 Å². The van der Waals surface area contributed by atoms with Crippen molar-refractivity contribution < 1.29 is 4.79 Å². The SMILES string of the molecule is C=CC=CC/C=C(\CC)NC(=O)c1cccc(=C/N=C)/c1=C\C. The van der Waals surface area contributed by atoms with Gasteiger partial charge in [0.15, 0.2) is 0 Å². The van der Waals surface area contributed by atoms with Crippen LogP contribution in [0.5, 0.6) is 0 Å². The van der Waals surface area contributed by atoms with Gasteiger partial charge in [-0.05, 0) is 37.8 Å². The standard InChI is InChI=1S/C20H24N2O/c1-5-8-9-10-13-17(6-2)22-20(23)19-14-11-12-16(15-21-4)18(19)7-3/h5,7-9,11-15H,1,4,6,10H2,2-3H3,(H,22,23)/b9-8?,16-15-,17-13+,18-7+. The Bertz CT molecular complexity index is 739. The van der Waals surface area contributed by atoms with Gasteiger partial charge >= 0.3 is 0 Å². The zero-order valence-corrected chi connectivity index (χ0v) is 13.9. The minimum absolute atomic E-state index is 0.113. The maximum atomic E-state index is 12.6. The Balaban J connectivity index is 3.08. The average Bonchev–Trinajstić information content (AvgIpc) is 2.57. The topological polar surface area (TPSA) is 41.5 Å². The summed E-state index contributed by atoms with van der Waals surface area (Å²) in [5.74, 6) is -0.113. The van der Waals surface area contributed by atoms with Gasteiger partial charge in [-0.15, -0.1) is 0 Å². The van der Waals surface area contributed by atoms with Crippen molar-refractivity contribution in [2.24, 2.45) is 4.99 Å². The Morgan fingerprint density at radius 1 is 1.39 bits per heavy atom. The predicted octanol–water partition coefficient (Wildman–Crippen LogP) is 3.08. The van der Waals surface area contributed by atoms with Crippen molar-refractivity contribution >= 4 is 24.9 Å². The van der Waals surface area contributed by atoms with Gasteiger partial charge in [-0.2, -0.15) is 0 Å². The highest BCUT2D eigenvalue weighted by molar-refractivity contribution is 5.95. The predicted molar refractivity (Wildman–Crippen MR) is 99.6 cm³/mol. The number of hydrogen-bond acceptors (Lipinski definition) is 2. The molecule has 120 valence electrons. The zero-order chi connectivity index (χ0) is 17.1. The molecule has 0 saturated carbocycles. The molecule has 0 aromatic heterocycles. The Labute approximate surface area is 138 Å². The number of nitrogens with zero attached hydrogens (tertiary/aromatic N) is 1. The van der Waals surface area contributed by atoms with Crippen LogP contribution in [-0.2, 0) is 0 Å². The molecule has 0 saturated heterocycles. The number of allylic oxidation sites excluding steroid dienone is 5. The summed E-state index contributed by atoms with van der Waals surface area (Å²) < 4.78 is 0. The van der Waals surface area contributed by atoms with Gasteiger partial charge < -0.3 is 5.32 Å². The van der Waals surface area contributed by atoms with Crippen molar-refractivity contribution in [2.75, 3.05) is 0 Å². The van der Waals surface area contributed by atoms with Crippen LogP contribution in [0.2, 0.25) is 0 Å². The molecule has 3 heteroatoms. The summed E-state index contributed by atoms with van der Waals surface area (Å²) in [5.41, 5.74) is 1.54. The van der Waals surface area contributed by atoms with Crippen LogP contribution in [0.3, 0.4) is 0 Å². The third kappa shape index (κ3) is 5.55. The molecule has 0 bridgehead atoms. The zero-order valence-electron chi connectivity index (χ0n) is 13.9. The second-order valence-electron chi connectivity index (χ2n) is 4.85. The Morgan fingerprint density at radius 2 is 2.17 bits per heavy atom. The van der Waals surface area contributed by atoms with Crippen molar-refractivity contribution in [3.63, 3.8) is 0 Å². The molecule has 0 heterocycles. The van der Waals surface area contributed by atoms with Crippen molar-refractivity contribution in [3.8, 4) is 0 Å². The first-order valence-electron chi connectivity index (χ1n) is 7.67. The highest BCUT2D eigenvalue weighted by Crippen LogP contribution is 2.01. The van der Waals surface area contributed by atoms with Crippen LogP contribution in [0.25, 0.3) is 12.3 Å². The molecule has 0 aliphatic rings. The number of benzene rings is 1. The van der Waals surface area contributed by atoms with E-state index in [1.807, 2.05) is 56.4 Å². The first kappa shape index (κ1) is 18.4. The van der Waals surface area contributed by atoms with Gasteiger partial charge in [-0.25, -0.2) is 0 Å². The number of carbonyl (C=O) groups excluding carboxylic acids is 1. The lowest BCUT2D eigenvalue weighted by Gasteiger charge is -2.09. The molecule has 0 aliphatic heterocycles. The van der Waals surface area contributed by atoms with E-state index in [9.17, 15) is 4.79 Å². The van der Waals surface area contributed by atoms with E-state index in [-0.39, 0.29) is 5.91 Å². The Morgan fingerprint density at radius 3 is 2.78 bits per heavy atom. The van der Waals surface area contributed by atoms with Crippen molar-refractivity contribution in [1.82, 2.24) is 5.32 Å². The van der Waals surface area contributed by atoms with Crippen molar-refractivity contribution in [1.29, 1.82) is 0 Å². The largest absolute Gasteiger partial charge is 0.326 e. The summed E-state index contributed by atoms with van der Waals surface area (Å²) in [4.78, 5) is 16.4. The summed E-state index contributed by atoms with van der Waals surface area (Å²) in [6.45, 7) is 11.0. The molecule has 0 unspecified atom stereocenters. The number of hydrogen-bond donors (Lipinski definition) is 1. The first-order chi connectivity index (χ1) is 11.2. The minimum Gasteiger partial charge on any atom is -0.326 e. The summed E-state index contributed by atoms with van der Waals surface area (Å²) in [6, 6.07) is 5.58. The van der Waals surface area contributed by atoms with Gasteiger partial charge in [-0.3, -0.25) is 9.79 Å². The van der Waals surface area contributed by atoms with E-state index in [0.717, 1.165) is 29.0 Å². The maximum Gasteiger partial charge on any atom is 0.256 e. The highest BCUT2D eigenvalue weighted by atomic mass is 16.1. The van der Waals surface area contributed by atoms with Gasteiger partial charge in [0.05, 0.1) is 0 Å². The molecule has 1 amide bonds. The summed E-state index contributed by atoms with van der Waals surface area (Å²) >= 11 is 0. The number of rotatable bonds is 7. The third-order valence-electron chi connectivity index (χ3n) is 3.33. The molecule has 1 aromatic rings. The summed E-state index contributed by atoms with van der Waals surface area (Å²) in [5, 5.41) is 4.73. The molecule has 3 nitrogen and oxygen atoms in total. The smallest absolute Gasteiger partial charge is 0.256 e. The fourth-order valence-electron chi connectivity index (χ4n) is 2.20. The van der Waals surface area contributed by atoms with E-state index in [1.54, 1.807) is 12.3 Å². The lowest BCUT2D eigenvalue weighted by molar-refractivity contribution is 0.0963. The Hall–Kier alpha value is -2.68. The van der Waals surface area contributed by atoms with Crippen LogP contribution in [0, 0.1) is 0 Å². The van der Waals surface area contributed by atoms with Crippen LogP contribution in [-0.4, -0.2) is 12.6 Å². The van der Waals surface area contributed by atoms with Gasteiger partial charge in [0, 0.05) is 22.7 Å². The van der Waals surface area contributed by atoms with E-state index in [2.05, 4.69) is 23.6 Å². The van der Waals surface area contributed by atoms with Gasteiger partial charge in [0.25, 0.3) is 5.91 Å². The maximum absolute atomic E-state index is 12.6. The second-order valence-corrected chi connectivity index (χ2v) is 4.85. The lowest BCUT2D eigenvalue weighted by Crippen LogP contribution is -2.35. The fraction of sp³-hybridized carbons (Fsp3) is 0.200. The molecule has 0 fully saturated rings. The minimum atomic E-state index is -0.113.